The third-order valence-corrected chi connectivity index (χ3v) is 3.85. The minimum absolute atomic E-state index is 0.121. The van der Waals surface area contributed by atoms with Gasteiger partial charge in [0.2, 0.25) is 0 Å². The fraction of sp³-hybridized carbons (Fsp3) is 0.467. The van der Waals surface area contributed by atoms with Crippen molar-refractivity contribution in [1.29, 1.82) is 0 Å². The Morgan fingerprint density at radius 1 is 1.05 bits per heavy atom. The number of benzene rings is 1. The van der Waals surface area contributed by atoms with Crippen LogP contribution in [0.3, 0.4) is 0 Å². The van der Waals surface area contributed by atoms with E-state index in [0.717, 1.165) is 11.1 Å². The first kappa shape index (κ1) is 12.2. The maximum Gasteiger partial charge on any atom is 0.327 e. The highest BCUT2D eigenvalue weighted by Crippen LogP contribution is 2.62. The van der Waals surface area contributed by atoms with E-state index in [9.17, 15) is 9.59 Å². The summed E-state index contributed by atoms with van der Waals surface area (Å²) in [6.45, 7) is 5.13. The second-order valence-corrected chi connectivity index (χ2v) is 5.82. The van der Waals surface area contributed by atoms with Crippen LogP contribution in [0.1, 0.15) is 37.3 Å². The molecule has 19 heavy (non-hydrogen) atoms. The van der Waals surface area contributed by atoms with Crippen LogP contribution in [0.5, 0.6) is 0 Å². The second-order valence-electron chi connectivity index (χ2n) is 5.82. The lowest BCUT2D eigenvalue weighted by molar-refractivity contribution is -0.243. The third kappa shape index (κ3) is 1.74. The first-order valence-corrected chi connectivity index (χ1v) is 6.39. The van der Waals surface area contributed by atoms with Crippen molar-refractivity contribution >= 4 is 11.9 Å². The molecule has 1 saturated carbocycles. The maximum atomic E-state index is 12.1. The summed E-state index contributed by atoms with van der Waals surface area (Å²) in [5, 5.41) is 0. The molecule has 1 aromatic rings. The average molecular weight is 260 g/mol. The number of cyclic esters (lactones) is 2. The molecule has 0 aromatic heterocycles. The summed E-state index contributed by atoms with van der Waals surface area (Å²) in [4.78, 5) is 24.3. The van der Waals surface area contributed by atoms with Gasteiger partial charge in [0.1, 0.15) is 0 Å². The number of ether oxygens (including phenoxy) is 2. The number of esters is 2. The van der Waals surface area contributed by atoms with E-state index >= 15 is 0 Å². The molecule has 100 valence electrons. The van der Waals surface area contributed by atoms with Crippen LogP contribution >= 0.6 is 0 Å². The van der Waals surface area contributed by atoms with E-state index in [1.807, 2.05) is 31.2 Å². The fourth-order valence-electron chi connectivity index (χ4n) is 2.65. The van der Waals surface area contributed by atoms with Gasteiger partial charge in [0, 0.05) is 19.8 Å². The second kappa shape index (κ2) is 3.59. The van der Waals surface area contributed by atoms with Gasteiger partial charge < -0.3 is 9.47 Å². The van der Waals surface area contributed by atoms with Gasteiger partial charge in [-0.3, -0.25) is 9.59 Å². The number of hydrogen-bond acceptors (Lipinski definition) is 4. The Labute approximate surface area is 111 Å². The van der Waals surface area contributed by atoms with Crippen molar-refractivity contribution in [3.05, 3.63) is 35.4 Å². The zero-order valence-electron chi connectivity index (χ0n) is 11.2. The Morgan fingerprint density at radius 2 is 1.58 bits per heavy atom. The predicted molar refractivity (Wildman–Crippen MR) is 67.2 cm³/mol. The molecule has 1 aliphatic heterocycles. The van der Waals surface area contributed by atoms with Crippen LogP contribution in [0.15, 0.2) is 24.3 Å². The first-order valence-electron chi connectivity index (χ1n) is 6.39. The zero-order valence-corrected chi connectivity index (χ0v) is 11.2. The molecular formula is C15H16O4. The van der Waals surface area contributed by atoms with Gasteiger partial charge in [-0.25, -0.2) is 0 Å². The highest BCUT2D eigenvalue weighted by Gasteiger charge is 2.72. The van der Waals surface area contributed by atoms with Crippen LogP contribution in [-0.4, -0.2) is 17.7 Å². The topological polar surface area (TPSA) is 52.6 Å². The lowest BCUT2D eigenvalue weighted by Crippen LogP contribution is -2.48. The van der Waals surface area contributed by atoms with Gasteiger partial charge in [-0.05, 0) is 18.9 Å². The highest BCUT2D eigenvalue weighted by molar-refractivity contribution is 6.06. The zero-order chi connectivity index (χ0) is 13.8. The van der Waals surface area contributed by atoms with Crippen molar-refractivity contribution in [3.63, 3.8) is 0 Å². The van der Waals surface area contributed by atoms with Gasteiger partial charge >= 0.3 is 11.9 Å². The molecule has 2 aliphatic rings. The minimum atomic E-state index is -1.15. The fourth-order valence-corrected chi connectivity index (χ4v) is 2.65. The highest BCUT2D eigenvalue weighted by atomic mass is 16.7. The number of carbonyl (C=O) groups excluding carboxylic acids is 2. The Hall–Kier alpha value is -1.84. The van der Waals surface area contributed by atoms with Crippen molar-refractivity contribution in [3.8, 4) is 0 Å². The molecule has 4 nitrogen and oxygen atoms in total. The summed E-state index contributed by atoms with van der Waals surface area (Å²) < 4.78 is 10.4. The molecule has 3 rings (SSSR count). The third-order valence-electron chi connectivity index (χ3n) is 3.85. The summed E-state index contributed by atoms with van der Waals surface area (Å²) in [6, 6.07) is 7.86. The lowest BCUT2D eigenvalue weighted by atomic mass is 9.97. The van der Waals surface area contributed by atoms with Gasteiger partial charge in [-0.1, -0.05) is 29.8 Å². The van der Waals surface area contributed by atoms with E-state index in [-0.39, 0.29) is 5.92 Å². The molecular weight excluding hydrogens is 244 g/mol. The number of hydrogen-bond donors (Lipinski definition) is 0. The smallest absolute Gasteiger partial charge is 0.327 e. The summed E-state index contributed by atoms with van der Waals surface area (Å²) in [5.41, 5.74) is 1.03. The van der Waals surface area contributed by atoms with E-state index in [0.29, 0.717) is 6.42 Å². The van der Waals surface area contributed by atoms with Crippen molar-refractivity contribution in [2.45, 2.75) is 38.9 Å². The number of carbonyl (C=O) groups is 2. The largest absolute Gasteiger partial charge is 0.422 e. The molecule has 1 spiro atoms. The van der Waals surface area contributed by atoms with Crippen LogP contribution in [0.25, 0.3) is 0 Å². The molecule has 1 aromatic carbocycles. The molecule has 0 N–H and O–H groups in total. The van der Waals surface area contributed by atoms with Crippen LogP contribution in [0.2, 0.25) is 0 Å². The molecule has 0 unspecified atom stereocenters. The van der Waals surface area contributed by atoms with E-state index in [4.69, 9.17) is 9.47 Å². The van der Waals surface area contributed by atoms with Gasteiger partial charge in [-0.15, -0.1) is 0 Å². The van der Waals surface area contributed by atoms with E-state index < -0.39 is 23.1 Å². The Bertz CT molecular complexity index is 536. The summed E-state index contributed by atoms with van der Waals surface area (Å²) in [7, 11) is 0. The van der Waals surface area contributed by atoms with E-state index in [1.165, 1.54) is 0 Å². The molecule has 0 amide bonds. The first-order chi connectivity index (χ1) is 8.85. The van der Waals surface area contributed by atoms with E-state index in [2.05, 4.69) is 0 Å². The van der Waals surface area contributed by atoms with Crippen LogP contribution in [0.4, 0.5) is 0 Å². The van der Waals surface area contributed by atoms with Crippen LogP contribution in [0, 0.1) is 12.3 Å². The van der Waals surface area contributed by atoms with Crippen LogP contribution in [-0.2, 0) is 19.1 Å². The molecule has 0 radical (unpaired) electrons. The number of rotatable bonds is 1. The molecule has 0 bridgehead atoms. The number of aryl methyl sites for hydroxylation is 1. The molecule has 2 fully saturated rings. The predicted octanol–water partition coefficient (Wildman–Crippen LogP) is 2.30. The Kier molecular flexibility index (Phi) is 2.31. The molecule has 4 heteroatoms. The molecule has 1 atom stereocenters. The van der Waals surface area contributed by atoms with Crippen molar-refractivity contribution in [1.82, 2.24) is 0 Å². The Morgan fingerprint density at radius 3 is 2.11 bits per heavy atom. The van der Waals surface area contributed by atoms with Crippen LogP contribution < -0.4 is 0 Å². The SMILES string of the molecule is Cc1ccc([C@H]2CC23C(=O)OC(C)(C)OC3=O)cc1. The van der Waals surface area contributed by atoms with Gasteiger partial charge in [0.05, 0.1) is 0 Å². The Balaban J connectivity index is 1.89. The monoisotopic (exact) mass is 260 g/mol. The van der Waals surface area contributed by atoms with Crippen molar-refractivity contribution < 1.29 is 19.1 Å². The average Bonchev–Trinajstić information content (AvgIpc) is 3.03. The molecule has 1 saturated heterocycles. The minimum Gasteiger partial charge on any atom is -0.422 e. The van der Waals surface area contributed by atoms with Gasteiger partial charge in [-0.2, -0.15) is 0 Å². The van der Waals surface area contributed by atoms with Gasteiger partial charge in [0.25, 0.3) is 5.79 Å². The normalized spacial score (nSPS) is 26.8. The maximum absolute atomic E-state index is 12.1. The summed E-state index contributed by atoms with van der Waals surface area (Å²) >= 11 is 0. The van der Waals surface area contributed by atoms with Crippen molar-refractivity contribution in [2.75, 3.05) is 0 Å². The van der Waals surface area contributed by atoms with E-state index in [1.54, 1.807) is 13.8 Å². The quantitative estimate of drug-likeness (QED) is 0.574. The van der Waals surface area contributed by atoms with Crippen molar-refractivity contribution in [2.24, 2.45) is 5.41 Å². The molecule has 1 aliphatic carbocycles. The standard InChI is InChI=1S/C15H16O4/c1-9-4-6-10(7-5-9)11-8-15(11)12(16)18-14(2,3)19-13(15)17/h4-7,11H,8H2,1-3H3/t11-/m1/s1. The summed E-state index contributed by atoms with van der Waals surface area (Å²) in [5.74, 6) is -2.19. The molecule has 1 heterocycles. The lowest BCUT2D eigenvalue weighted by Gasteiger charge is -2.33. The summed E-state index contributed by atoms with van der Waals surface area (Å²) in [6.07, 6.45) is 0.476. The van der Waals surface area contributed by atoms with Gasteiger partial charge in [0.15, 0.2) is 5.41 Å².